The highest BCUT2D eigenvalue weighted by molar-refractivity contribution is 7.99. The number of esters is 2. The second-order valence-corrected chi connectivity index (χ2v) is 9.54. The first-order valence-corrected chi connectivity index (χ1v) is 10.7. The summed E-state index contributed by atoms with van der Waals surface area (Å²) in [5.41, 5.74) is -0.315. The van der Waals surface area contributed by atoms with Gasteiger partial charge in [0.15, 0.2) is 0 Å². The van der Waals surface area contributed by atoms with E-state index in [1.807, 2.05) is 20.8 Å². The van der Waals surface area contributed by atoms with Crippen LogP contribution in [0.4, 0.5) is 0 Å². The molecular weight excluding hydrogens is 352 g/mol. The quantitative estimate of drug-likeness (QED) is 0.453. The van der Waals surface area contributed by atoms with Gasteiger partial charge in [-0.25, -0.2) is 0 Å². The Morgan fingerprint density at radius 2 is 1.69 bits per heavy atom. The Hall–Kier alpha value is -0.750. The highest BCUT2D eigenvalue weighted by Crippen LogP contribution is 2.39. The van der Waals surface area contributed by atoms with E-state index >= 15 is 0 Å². The standard InChI is InChI=1S/C20H36O5S/c1-13-14(2)17(12-23-16(4)21)24-19(15(13)3)26-11-9-8-10-18(22)25-20(5,6)7/h13-15,17,19H,8-12H2,1-7H3. The SMILES string of the molecule is CC(=O)OCC1OC(SCCCCC(=O)OC(C)(C)C)C(C)C(C)C1C. The minimum atomic E-state index is -0.416. The van der Waals surface area contributed by atoms with Crippen molar-refractivity contribution in [1.29, 1.82) is 0 Å². The molecule has 0 aliphatic carbocycles. The molecule has 1 saturated heterocycles. The van der Waals surface area contributed by atoms with Gasteiger partial charge in [-0.2, -0.15) is 0 Å². The van der Waals surface area contributed by atoms with E-state index in [4.69, 9.17) is 14.2 Å². The normalized spacial score (nSPS) is 29.3. The van der Waals surface area contributed by atoms with Crippen LogP contribution >= 0.6 is 11.8 Å². The van der Waals surface area contributed by atoms with E-state index in [9.17, 15) is 9.59 Å². The molecule has 5 atom stereocenters. The summed E-state index contributed by atoms with van der Waals surface area (Å²) < 4.78 is 16.7. The highest BCUT2D eigenvalue weighted by atomic mass is 32.2. The highest BCUT2D eigenvalue weighted by Gasteiger charge is 2.39. The van der Waals surface area contributed by atoms with Crippen molar-refractivity contribution in [2.45, 2.75) is 84.9 Å². The number of ether oxygens (including phenoxy) is 3. The molecule has 0 saturated carbocycles. The minimum absolute atomic E-state index is 0.0515. The van der Waals surface area contributed by atoms with Crippen molar-refractivity contribution in [3.63, 3.8) is 0 Å². The molecule has 5 nitrogen and oxygen atoms in total. The number of hydrogen-bond donors (Lipinski definition) is 0. The smallest absolute Gasteiger partial charge is 0.306 e. The summed E-state index contributed by atoms with van der Waals surface area (Å²) in [7, 11) is 0. The van der Waals surface area contributed by atoms with Gasteiger partial charge in [-0.1, -0.05) is 20.8 Å². The predicted molar refractivity (Wildman–Crippen MR) is 105 cm³/mol. The summed E-state index contributed by atoms with van der Waals surface area (Å²) in [5.74, 6) is 1.85. The number of carbonyl (C=O) groups is 2. The first-order chi connectivity index (χ1) is 12.0. The largest absolute Gasteiger partial charge is 0.463 e. The van der Waals surface area contributed by atoms with Gasteiger partial charge in [0.1, 0.15) is 17.6 Å². The lowest BCUT2D eigenvalue weighted by atomic mass is 9.80. The van der Waals surface area contributed by atoms with Gasteiger partial charge in [0.2, 0.25) is 0 Å². The molecule has 0 aromatic carbocycles. The molecule has 152 valence electrons. The van der Waals surface area contributed by atoms with Crippen molar-refractivity contribution in [2.75, 3.05) is 12.4 Å². The number of unbranched alkanes of at least 4 members (excludes halogenated alkanes) is 1. The van der Waals surface area contributed by atoms with Crippen LogP contribution in [0.3, 0.4) is 0 Å². The third kappa shape index (κ3) is 8.30. The van der Waals surface area contributed by atoms with E-state index in [0.717, 1.165) is 18.6 Å². The second-order valence-electron chi connectivity index (χ2n) is 8.34. The first kappa shape index (κ1) is 23.3. The van der Waals surface area contributed by atoms with Gasteiger partial charge in [-0.3, -0.25) is 9.59 Å². The molecule has 0 radical (unpaired) electrons. The molecule has 26 heavy (non-hydrogen) atoms. The van der Waals surface area contributed by atoms with Crippen LogP contribution < -0.4 is 0 Å². The van der Waals surface area contributed by atoms with E-state index in [-0.39, 0.29) is 23.5 Å². The van der Waals surface area contributed by atoms with E-state index in [1.165, 1.54) is 6.92 Å². The van der Waals surface area contributed by atoms with E-state index in [1.54, 1.807) is 11.8 Å². The Labute approximate surface area is 162 Å². The van der Waals surface area contributed by atoms with Crippen LogP contribution in [0.1, 0.15) is 67.7 Å². The van der Waals surface area contributed by atoms with Gasteiger partial charge in [-0.15, -0.1) is 11.8 Å². The molecule has 1 aliphatic rings. The summed E-state index contributed by atoms with van der Waals surface area (Å²) in [4.78, 5) is 22.8. The fourth-order valence-corrected chi connectivity index (χ4v) is 4.41. The Kier molecular flexibility index (Phi) is 9.45. The maximum absolute atomic E-state index is 11.7. The summed E-state index contributed by atoms with van der Waals surface area (Å²) in [6.07, 6.45) is 2.19. The molecule has 0 aromatic heterocycles. The summed E-state index contributed by atoms with van der Waals surface area (Å²) in [6, 6.07) is 0. The molecule has 0 N–H and O–H groups in total. The Morgan fingerprint density at radius 1 is 1.04 bits per heavy atom. The molecule has 1 fully saturated rings. The lowest BCUT2D eigenvalue weighted by molar-refractivity contribution is -0.156. The average molecular weight is 389 g/mol. The molecule has 0 aromatic rings. The topological polar surface area (TPSA) is 61.8 Å². The van der Waals surface area contributed by atoms with Crippen molar-refractivity contribution in [3.8, 4) is 0 Å². The molecule has 0 spiro atoms. The van der Waals surface area contributed by atoms with E-state index in [2.05, 4.69) is 20.8 Å². The minimum Gasteiger partial charge on any atom is -0.463 e. The van der Waals surface area contributed by atoms with Gasteiger partial charge < -0.3 is 14.2 Å². The zero-order chi connectivity index (χ0) is 19.9. The molecule has 6 heteroatoms. The van der Waals surface area contributed by atoms with Gasteiger partial charge in [0.05, 0.1) is 6.10 Å². The van der Waals surface area contributed by atoms with Crippen LogP contribution in [0.25, 0.3) is 0 Å². The number of carbonyl (C=O) groups excluding carboxylic acids is 2. The first-order valence-electron chi connectivity index (χ1n) is 9.63. The van der Waals surface area contributed by atoms with Gasteiger partial charge in [0.25, 0.3) is 0 Å². The van der Waals surface area contributed by atoms with Gasteiger partial charge in [-0.05, 0) is 57.1 Å². The van der Waals surface area contributed by atoms with Gasteiger partial charge in [0, 0.05) is 13.3 Å². The number of rotatable bonds is 8. The predicted octanol–water partition coefficient (Wildman–Crippen LogP) is 4.43. The third-order valence-electron chi connectivity index (χ3n) is 4.91. The van der Waals surface area contributed by atoms with Crippen molar-refractivity contribution in [1.82, 2.24) is 0 Å². The summed E-state index contributed by atoms with van der Waals surface area (Å²) >= 11 is 1.80. The number of thioether (sulfide) groups is 1. The fourth-order valence-electron chi connectivity index (χ4n) is 3.03. The zero-order valence-electron chi connectivity index (χ0n) is 17.4. The second kappa shape index (κ2) is 10.5. The van der Waals surface area contributed by atoms with Crippen molar-refractivity contribution in [2.24, 2.45) is 17.8 Å². The Bertz CT molecular complexity index is 460. The van der Waals surface area contributed by atoms with Crippen LogP contribution in [0.2, 0.25) is 0 Å². The molecule has 1 heterocycles. The van der Waals surface area contributed by atoms with Crippen LogP contribution in [-0.2, 0) is 23.8 Å². The molecular formula is C20H36O5S. The summed E-state index contributed by atoms with van der Waals surface area (Å²) in [5, 5.41) is 0. The van der Waals surface area contributed by atoms with Crippen LogP contribution in [0.15, 0.2) is 0 Å². The fraction of sp³-hybridized carbons (Fsp3) is 0.900. The maximum Gasteiger partial charge on any atom is 0.306 e. The number of hydrogen-bond acceptors (Lipinski definition) is 6. The molecule has 1 aliphatic heterocycles. The Morgan fingerprint density at radius 3 is 2.27 bits per heavy atom. The third-order valence-corrected chi connectivity index (χ3v) is 6.30. The van der Waals surface area contributed by atoms with Crippen molar-refractivity contribution < 1.29 is 23.8 Å². The van der Waals surface area contributed by atoms with E-state index < -0.39 is 5.60 Å². The van der Waals surface area contributed by atoms with E-state index in [0.29, 0.717) is 30.8 Å². The van der Waals surface area contributed by atoms with Gasteiger partial charge >= 0.3 is 11.9 Å². The molecule has 0 amide bonds. The van der Waals surface area contributed by atoms with Crippen molar-refractivity contribution in [3.05, 3.63) is 0 Å². The van der Waals surface area contributed by atoms with Crippen LogP contribution in [-0.4, -0.2) is 41.4 Å². The Balaban J connectivity index is 2.36. The van der Waals surface area contributed by atoms with Crippen molar-refractivity contribution >= 4 is 23.7 Å². The lowest BCUT2D eigenvalue weighted by Gasteiger charge is -2.43. The monoisotopic (exact) mass is 388 g/mol. The van der Waals surface area contributed by atoms with Crippen LogP contribution in [0, 0.1) is 17.8 Å². The molecule has 0 bridgehead atoms. The lowest BCUT2D eigenvalue weighted by Crippen LogP contribution is -2.45. The molecule has 5 unspecified atom stereocenters. The average Bonchev–Trinajstić information content (AvgIpc) is 2.51. The molecule has 1 rings (SSSR count). The summed E-state index contributed by atoms with van der Waals surface area (Å²) in [6.45, 7) is 14.0. The maximum atomic E-state index is 11.7. The zero-order valence-corrected chi connectivity index (χ0v) is 18.2. The van der Waals surface area contributed by atoms with Crippen LogP contribution in [0.5, 0.6) is 0 Å².